The van der Waals surface area contributed by atoms with Gasteiger partial charge in [-0.15, -0.1) is 0 Å². The van der Waals surface area contributed by atoms with E-state index in [0.29, 0.717) is 58.8 Å². The summed E-state index contributed by atoms with van der Waals surface area (Å²) >= 11 is 1.28. The number of hydrogen-bond acceptors (Lipinski definition) is 8. The lowest BCUT2D eigenvalue weighted by Crippen LogP contribution is -2.29. The van der Waals surface area contributed by atoms with Crippen LogP contribution < -0.4 is 19.1 Å². The number of aryl methyl sites for hydroxylation is 1. The van der Waals surface area contributed by atoms with Crippen molar-refractivity contribution < 1.29 is 28.9 Å². The van der Waals surface area contributed by atoms with Gasteiger partial charge in [-0.1, -0.05) is 47.2 Å². The number of rotatable bonds is 9. The quantitative estimate of drug-likeness (QED) is 0.144. The minimum absolute atomic E-state index is 0.0188. The van der Waals surface area contributed by atoms with Crippen molar-refractivity contribution in [2.45, 2.75) is 33.7 Å². The summed E-state index contributed by atoms with van der Waals surface area (Å²) in [7, 11) is 0. The highest BCUT2D eigenvalue weighted by Crippen LogP contribution is 2.46. The Morgan fingerprint density at radius 1 is 0.900 bits per heavy atom. The largest absolute Gasteiger partial charge is 0.507 e. The van der Waals surface area contributed by atoms with Crippen LogP contribution in [0.3, 0.4) is 0 Å². The Bertz CT molecular complexity index is 1610. The van der Waals surface area contributed by atoms with E-state index >= 15 is 0 Å². The second kappa shape index (κ2) is 11.4. The predicted molar refractivity (Wildman–Crippen MR) is 156 cm³/mol. The smallest absolute Gasteiger partial charge is 0.301 e. The number of carbonyl (C=O) groups excluding carboxylic acids is 2. The van der Waals surface area contributed by atoms with Gasteiger partial charge < -0.3 is 19.3 Å². The minimum atomic E-state index is -0.942. The van der Waals surface area contributed by atoms with E-state index < -0.39 is 17.7 Å². The van der Waals surface area contributed by atoms with Crippen molar-refractivity contribution in [3.63, 3.8) is 0 Å². The number of ether oxygens (including phenoxy) is 3. The van der Waals surface area contributed by atoms with Gasteiger partial charge in [-0.2, -0.15) is 0 Å². The molecule has 9 heteroatoms. The molecule has 4 aromatic rings. The van der Waals surface area contributed by atoms with E-state index in [1.165, 1.54) is 16.2 Å². The van der Waals surface area contributed by atoms with Gasteiger partial charge in [-0.3, -0.25) is 14.5 Å². The molecular formula is C31H30N2O6S. The fourth-order valence-electron chi connectivity index (χ4n) is 4.70. The van der Waals surface area contributed by atoms with Crippen LogP contribution in [-0.4, -0.2) is 41.6 Å². The maximum Gasteiger partial charge on any atom is 0.301 e. The second-order valence-corrected chi connectivity index (χ2v) is 10.2. The number of benzene rings is 3. The maximum absolute atomic E-state index is 13.6. The number of carbonyl (C=O) groups is 2. The van der Waals surface area contributed by atoms with E-state index in [1.54, 1.807) is 30.3 Å². The number of nitrogens with zero attached hydrogens (tertiary/aromatic N) is 2. The van der Waals surface area contributed by atoms with Crippen LogP contribution in [0.15, 0.2) is 66.2 Å². The summed E-state index contributed by atoms with van der Waals surface area (Å²) < 4.78 is 18.0. The molecule has 1 aromatic heterocycles. The van der Waals surface area contributed by atoms with Crippen molar-refractivity contribution in [1.82, 2.24) is 4.98 Å². The topological polar surface area (TPSA) is 98.2 Å². The molecule has 1 N–H and O–H groups in total. The zero-order chi connectivity index (χ0) is 28.4. The number of anilines is 1. The Morgan fingerprint density at radius 3 is 2.30 bits per heavy atom. The summed E-state index contributed by atoms with van der Waals surface area (Å²) in [6, 6.07) is 17.0. The molecule has 1 aliphatic heterocycles. The molecule has 1 unspecified atom stereocenters. The Labute approximate surface area is 236 Å². The van der Waals surface area contributed by atoms with Crippen LogP contribution in [0.5, 0.6) is 17.2 Å². The molecule has 1 saturated heterocycles. The SMILES string of the molecule is CCOc1ccc2nc(N3C(=O)C(=O)/C(=C(/O)c4ccc(C)cc4)C3c3ccc(OCC)c(OCC)c3)sc2c1. The number of hydrogen-bond donors (Lipinski definition) is 1. The van der Waals surface area contributed by atoms with Gasteiger partial charge in [0.2, 0.25) is 0 Å². The van der Waals surface area contributed by atoms with Gasteiger partial charge in [0, 0.05) is 5.56 Å². The van der Waals surface area contributed by atoms with Crippen LogP contribution in [0.4, 0.5) is 5.13 Å². The zero-order valence-corrected chi connectivity index (χ0v) is 23.6. The van der Waals surface area contributed by atoms with Crippen molar-refractivity contribution in [1.29, 1.82) is 0 Å². The molecule has 0 bridgehead atoms. The molecule has 0 spiro atoms. The van der Waals surface area contributed by atoms with Gasteiger partial charge in [-0.05, 0) is 63.6 Å². The molecule has 3 aromatic carbocycles. The first-order chi connectivity index (χ1) is 19.4. The summed E-state index contributed by atoms with van der Waals surface area (Å²) in [5.74, 6) is -0.0901. The van der Waals surface area contributed by atoms with E-state index in [4.69, 9.17) is 19.2 Å². The number of aliphatic hydroxyl groups excluding tert-OH is 1. The highest BCUT2D eigenvalue weighted by molar-refractivity contribution is 7.22. The molecular weight excluding hydrogens is 528 g/mol. The highest BCUT2D eigenvalue weighted by Gasteiger charge is 2.48. The number of aromatic nitrogens is 1. The fraction of sp³-hybridized carbons (Fsp3) is 0.258. The third-order valence-corrected chi connectivity index (χ3v) is 7.54. The summed E-state index contributed by atoms with van der Waals surface area (Å²) in [6.07, 6.45) is 0. The molecule has 1 atom stereocenters. The first-order valence-electron chi connectivity index (χ1n) is 13.2. The van der Waals surface area contributed by atoms with Crippen LogP contribution in [0.2, 0.25) is 0 Å². The van der Waals surface area contributed by atoms with Crippen molar-refractivity contribution in [3.05, 3.63) is 82.9 Å². The van der Waals surface area contributed by atoms with Crippen molar-refractivity contribution in [3.8, 4) is 17.2 Å². The Hall–Kier alpha value is -4.37. The average Bonchev–Trinajstić information content (AvgIpc) is 3.48. The molecule has 1 amide bonds. The predicted octanol–water partition coefficient (Wildman–Crippen LogP) is 6.43. The summed E-state index contributed by atoms with van der Waals surface area (Å²) in [4.78, 5) is 33.3. The van der Waals surface area contributed by atoms with Crippen LogP contribution >= 0.6 is 11.3 Å². The van der Waals surface area contributed by atoms with E-state index in [9.17, 15) is 14.7 Å². The lowest BCUT2D eigenvalue weighted by Gasteiger charge is -2.24. The van der Waals surface area contributed by atoms with Gasteiger partial charge >= 0.3 is 5.91 Å². The fourth-order valence-corrected chi connectivity index (χ4v) is 5.72. The lowest BCUT2D eigenvalue weighted by molar-refractivity contribution is -0.132. The Morgan fingerprint density at radius 2 is 1.60 bits per heavy atom. The number of Topliss-reactive ketones (excluding diaryl/α,β-unsaturated/α-hetero) is 1. The summed E-state index contributed by atoms with van der Waals surface area (Å²) in [5.41, 5.74) is 2.67. The number of fused-ring (bicyclic) bond motifs is 1. The van der Waals surface area contributed by atoms with Crippen LogP contribution in [-0.2, 0) is 9.59 Å². The molecule has 0 saturated carbocycles. The number of ketones is 1. The molecule has 40 heavy (non-hydrogen) atoms. The van der Waals surface area contributed by atoms with Crippen molar-refractivity contribution in [2.24, 2.45) is 0 Å². The van der Waals surface area contributed by atoms with Gasteiger partial charge in [0.15, 0.2) is 16.6 Å². The maximum atomic E-state index is 13.6. The molecule has 2 heterocycles. The first kappa shape index (κ1) is 27.2. The molecule has 1 aliphatic rings. The standard InChI is InChI=1S/C31H30N2O6S/c1-5-37-21-13-14-22-25(17-21)40-31(32-22)33-27(20-12-15-23(38-6-2)24(16-20)39-7-3)26(29(35)30(33)36)28(34)19-10-8-18(4)9-11-19/h8-17,27,34H,5-7H2,1-4H3/b28-26+. The molecule has 0 radical (unpaired) electrons. The van der Waals surface area contributed by atoms with Gasteiger partial charge in [0.25, 0.3) is 5.78 Å². The van der Waals surface area contributed by atoms with E-state index in [1.807, 2.05) is 58.0 Å². The second-order valence-electron chi connectivity index (χ2n) is 9.17. The third-order valence-electron chi connectivity index (χ3n) is 6.52. The number of thiazole rings is 1. The summed E-state index contributed by atoms with van der Waals surface area (Å²) in [5, 5.41) is 11.8. The Kier molecular flexibility index (Phi) is 7.75. The average molecular weight is 559 g/mol. The highest BCUT2D eigenvalue weighted by atomic mass is 32.1. The molecule has 0 aliphatic carbocycles. The van der Waals surface area contributed by atoms with Gasteiger partial charge in [0.05, 0.1) is 41.7 Å². The Balaban J connectivity index is 1.71. The van der Waals surface area contributed by atoms with Crippen molar-refractivity contribution >= 4 is 44.1 Å². The molecule has 206 valence electrons. The molecule has 1 fully saturated rings. The lowest BCUT2D eigenvalue weighted by atomic mass is 9.95. The first-order valence-corrected chi connectivity index (χ1v) is 14.0. The third kappa shape index (κ3) is 5.00. The number of aliphatic hydroxyl groups is 1. The minimum Gasteiger partial charge on any atom is -0.507 e. The van der Waals surface area contributed by atoms with Crippen molar-refractivity contribution in [2.75, 3.05) is 24.7 Å². The van der Waals surface area contributed by atoms with E-state index in [-0.39, 0.29) is 11.3 Å². The summed E-state index contributed by atoms with van der Waals surface area (Å²) in [6.45, 7) is 8.94. The molecule has 8 nitrogen and oxygen atoms in total. The van der Waals surface area contributed by atoms with E-state index in [2.05, 4.69) is 0 Å². The van der Waals surface area contributed by atoms with Crippen LogP contribution in [0, 0.1) is 6.92 Å². The van der Waals surface area contributed by atoms with Gasteiger partial charge in [-0.25, -0.2) is 4.98 Å². The zero-order valence-electron chi connectivity index (χ0n) is 22.8. The monoisotopic (exact) mass is 558 g/mol. The van der Waals surface area contributed by atoms with Crippen LogP contribution in [0.25, 0.3) is 16.0 Å². The van der Waals surface area contributed by atoms with Crippen LogP contribution in [0.1, 0.15) is 43.5 Å². The van der Waals surface area contributed by atoms with Gasteiger partial charge in [0.1, 0.15) is 11.5 Å². The molecule has 5 rings (SSSR count). The van der Waals surface area contributed by atoms with E-state index in [0.717, 1.165) is 10.3 Å². The number of amides is 1. The normalized spacial score (nSPS) is 16.5.